The second kappa shape index (κ2) is 24.6. The van der Waals surface area contributed by atoms with E-state index in [1.54, 1.807) is 47.3 Å². The van der Waals surface area contributed by atoms with Crippen molar-refractivity contribution in [2.75, 3.05) is 53.8 Å². The average molecular weight is 1080 g/mol. The molecule has 0 radical (unpaired) electrons. The summed E-state index contributed by atoms with van der Waals surface area (Å²) in [5.41, 5.74) is 3.55. The van der Waals surface area contributed by atoms with Gasteiger partial charge in [0.1, 0.15) is 11.9 Å². The molecule has 0 unspecified atom stereocenters. The Morgan fingerprint density at radius 2 is 1.59 bits per heavy atom. The first-order chi connectivity index (χ1) is 37.5. The van der Waals surface area contributed by atoms with Gasteiger partial charge in [-0.3, -0.25) is 14.4 Å². The summed E-state index contributed by atoms with van der Waals surface area (Å²) in [7, 11) is 2.86. The number of aromatic nitrogens is 3. The Labute approximate surface area is 458 Å². The quantitative estimate of drug-likeness (QED) is 0.0184. The molecule has 2 saturated heterocycles. The van der Waals surface area contributed by atoms with Crippen LogP contribution in [0.15, 0.2) is 77.7 Å². The van der Waals surface area contributed by atoms with Crippen LogP contribution in [0.2, 0.25) is 0 Å². The average Bonchev–Trinajstić information content (AvgIpc) is 4.31. The predicted molar refractivity (Wildman–Crippen MR) is 291 cm³/mol. The van der Waals surface area contributed by atoms with Crippen molar-refractivity contribution in [1.82, 2.24) is 20.3 Å². The first-order valence-electron chi connectivity index (χ1n) is 28.1. The number of aliphatic hydroxyl groups excluding tert-OH is 1. The van der Waals surface area contributed by atoms with Crippen molar-refractivity contribution < 1.29 is 62.9 Å². The van der Waals surface area contributed by atoms with Crippen LogP contribution in [0.5, 0.6) is 23.0 Å². The Morgan fingerprint density at radius 3 is 2.29 bits per heavy atom. The number of aromatic hydroxyl groups is 2. The lowest BCUT2D eigenvalue weighted by Gasteiger charge is -2.58. The molecule has 78 heavy (non-hydrogen) atoms. The molecule has 1 spiro atoms. The van der Waals surface area contributed by atoms with Crippen LogP contribution >= 0.6 is 0 Å². The number of amides is 1. The highest BCUT2D eigenvalue weighted by Crippen LogP contribution is 2.70. The van der Waals surface area contributed by atoms with E-state index >= 15 is 0 Å². The number of methoxy groups -OCH3 is 2. The van der Waals surface area contributed by atoms with Crippen LogP contribution in [0, 0.1) is 46.3 Å². The molecule has 11 atom stereocenters. The highest BCUT2D eigenvalue weighted by Gasteiger charge is 2.68. The number of benzene rings is 2. The van der Waals surface area contributed by atoms with Crippen LogP contribution in [-0.4, -0.2) is 120 Å². The number of aliphatic hydroxyl groups is 1. The maximum absolute atomic E-state index is 13.6. The largest absolute Gasteiger partial charge is 0.508 e. The number of carbonyl (C=O) groups excluding carboxylic acids is 3. The molecular weight excluding hydrogens is 997 g/mol. The fraction of sp³-hybridized carbons (Fsp3) is 0.590. The van der Waals surface area contributed by atoms with Crippen LogP contribution in [0.25, 0.3) is 12.2 Å². The fourth-order valence-corrected chi connectivity index (χ4v) is 14.2. The van der Waals surface area contributed by atoms with E-state index < -0.39 is 5.78 Å². The molecule has 4 aliphatic carbocycles. The number of ether oxygens (including phenoxy) is 7. The number of fused-ring (bicyclic) bond motifs is 7. The molecule has 9 rings (SSSR count). The summed E-state index contributed by atoms with van der Waals surface area (Å²) >= 11 is 0. The fourth-order valence-electron chi connectivity index (χ4n) is 14.2. The Bertz CT molecular complexity index is 2760. The molecule has 422 valence electrons. The van der Waals surface area contributed by atoms with E-state index in [0.29, 0.717) is 91.3 Å². The molecule has 2 aromatic carbocycles. The summed E-state index contributed by atoms with van der Waals surface area (Å²) < 4.78 is 42.9. The molecule has 2 aliphatic heterocycles. The van der Waals surface area contributed by atoms with E-state index in [0.717, 1.165) is 45.1 Å². The van der Waals surface area contributed by atoms with E-state index in [-0.39, 0.29) is 94.8 Å². The van der Waals surface area contributed by atoms with Gasteiger partial charge in [0.25, 0.3) is 0 Å². The molecule has 1 amide bonds. The normalized spacial score (nSPS) is 30.5. The van der Waals surface area contributed by atoms with E-state index in [9.17, 15) is 29.7 Å². The van der Waals surface area contributed by atoms with Gasteiger partial charge >= 0.3 is 5.97 Å². The monoisotopic (exact) mass is 1080 g/mol. The van der Waals surface area contributed by atoms with Crippen molar-refractivity contribution in [3.63, 3.8) is 0 Å². The second-order valence-electron chi connectivity index (χ2n) is 23.1. The summed E-state index contributed by atoms with van der Waals surface area (Å²) in [4.78, 5) is 39.2. The highest BCUT2D eigenvalue weighted by atomic mass is 16.7. The summed E-state index contributed by atoms with van der Waals surface area (Å²) in [6.07, 6.45) is 19.7. The summed E-state index contributed by atoms with van der Waals surface area (Å²) in [5.74, 6) is 2.21. The van der Waals surface area contributed by atoms with Gasteiger partial charge in [-0.25, -0.2) is 4.68 Å². The third-order valence-electron chi connectivity index (χ3n) is 18.4. The number of hydrogen-bond donors (Lipinski definition) is 4. The summed E-state index contributed by atoms with van der Waals surface area (Å²) in [6.45, 7) is 12.4. The predicted octanol–water partition coefficient (Wildman–Crippen LogP) is 9.27. The highest BCUT2D eigenvalue weighted by molar-refractivity contribution is 6.07. The number of nitrogens with zero attached hydrogens (tertiary/aromatic N) is 3. The number of phenols is 2. The minimum atomic E-state index is -0.482. The Balaban J connectivity index is 0.657. The van der Waals surface area contributed by atoms with Crippen molar-refractivity contribution in [1.29, 1.82) is 0 Å². The first kappa shape index (κ1) is 56.7. The SMILES string of the molecule is COc1cc(/C=C/C(=O)C(Cc2cn(CCOCCOCCNC(=O)CCC(=O)O[C@H]3CC[C@@]4(C)C(=CC[C@H]5[C@@H]6C[C@@H]7O[C@]8(CC[C@@H](C)CO8)[C@@H](C)[C@@H]7[C@@]6(C)CC[C@@H]54)C3)nn2)=C(O)/C=C/c2ccc(O)c(OC)c2)ccc1O. The third kappa shape index (κ3) is 12.4. The number of esters is 1. The number of hydrogen-bond acceptors (Lipinski definition) is 15. The molecular formula is C61H80N4O13. The van der Waals surface area contributed by atoms with Crippen LogP contribution < -0.4 is 14.8 Å². The molecule has 6 aliphatic rings. The molecule has 3 aromatic rings. The van der Waals surface area contributed by atoms with Crippen molar-refractivity contribution in [3.05, 3.63) is 94.5 Å². The number of phenolic OH excluding ortho intramolecular Hbond substituents is 2. The van der Waals surface area contributed by atoms with E-state index in [1.165, 1.54) is 63.3 Å². The van der Waals surface area contributed by atoms with Crippen LogP contribution in [0.3, 0.4) is 0 Å². The zero-order valence-electron chi connectivity index (χ0n) is 46.2. The minimum Gasteiger partial charge on any atom is -0.508 e. The summed E-state index contributed by atoms with van der Waals surface area (Å²) in [6, 6.07) is 9.35. The molecule has 1 aromatic heterocycles. The molecule has 17 heteroatoms. The maximum atomic E-state index is 13.6. The number of carbonyl (C=O) groups is 3. The van der Waals surface area contributed by atoms with Gasteiger partial charge in [-0.05, 0) is 133 Å². The number of nitrogens with one attached hydrogen (secondary N) is 1. The van der Waals surface area contributed by atoms with Crippen molar-refractivity contribution in [3.8, 4) is 23.0 Å². The van der Waals surface area contributed by atoms with E-state index in [1.807, 2.05) is 0 Å². The van der Waals surface area contributed by atoms with Gasteiger partial charge < -0.3 is 53.8 Å². The smallest absolute Gasteiger partial charge is 0.306 e. The second-order valence-corrected chi connectivity index (χ2v) is 23.1. The van der Waals surface area contributed by atoms with Gasteiger partial charge in [0, 0.05) is 49.9 Å². The van der Waals surface area contributed by atoms with Gasteiger partial charge in [0.05, 0.1) is 72.0 Å². The van der Waals surface area contributed by atoms with E-state index in [2.05, 4.69) is 49.4 Å². The van der Waals surface area contributed by atoms with Crippen LogP contribution in [0.4, 0.5) is 0 Å². The maximum Gasteiger partial charge on any atom is 0.306 e. The van der Waals surface area contributed by atoms with Crippen molar-refractivity contribution in [2.45, 2.75) is 129 Å². The molecule has 4 N–H and O–H groups in total. The van der Waals surface area contributed by atoms with Gasteiger partial charge in [-0.2, -0.15) is 0 Å². The molecule has 3 saturated carbocycles. The Kier molecular flexibility index (Phi) is 17.9. The van der Waals surface area contributed by atoms with Crippen molar-refractivity contribution >= 4 is 29.8 Å². The van der Waals surface area contributed by atoms with Gasteiger partial charge in [-0.15, -0.1) is 5.10 Å². The van der Waals surface area contributed by atoms with Gasteiger partial charge in [0.2, 0.25) is 5.91 Å². The lowest BCUT2D eigenvalue weighted by atomic mass is 9.47. The number of rotatable bonds is 22. The van der Waals surface area contributed by atoms with Crippen LogP contribution in [0.1, 0.15) is 115 Å². The minimum absolute atomic E-state index is 0.0315. The topological polar surface area (TPSA) is 219 Å². The Hall–Kier alpha value is -6.01. The van der Waals surface area contributed by atoms with E-state index in [4.69, 9.17) is 33.2 Å². The van der Waals surface area contributed by atoms with Gasteiger partial charge in [0.15, 0.2) is 34.6 Å². The number of allylic oxidation sites excluding steroid dienone is 4. The lowest BCUT2D eigenvalue weighted by molar-refractivity contribution is -0.272. The Morgan fingerprint density at radius 1 is 0.872 bits per heavy atom. The number of ketones is 1. The molecule has 17 nitrogen and oxygen atoms in total. The molecule has 3 heterocycles. The first-order valence-corrected chi connectivity index (χ1v) is 28.1. The summed E-state index contributed by atoms with van der Waals surface area (Å²) in [5, 5.41) is 42.4. The van der Waals surface area contributed by atoms with Crippen LogP contribution in [-0.2, 0) is 51.0 Å². The molecule has 0 bridgehead atoms. The van der Waals surface area contributed by atoms with Gasteiger partial charge in [-0.1, -0.05) is 68.8 Å². The zero-order valence-corrected chi connectivity index (χ0v) is 46.2. The zero-order chi connectivity index (χ0) is 55.2. The lowest BCUT2D eigenvalue weighted by Crippen LogP contribution is -2.52. The third-order valence-corrected chi connectivity index (χ3v) is 18.4. The van der Waals surface area contributed by atoms with Crippen molar-refractivity contribution in [2.24, 2.45) is 46.3 Å². The standard InChI is InChI=1S/C61H80N4O13/c1-38-19-24-61(76-37-38)39(2)58-55(78-61)35-48-45-12-11-42-33-44(20-22-59(42,3)47(45)21-23-60(48,58)4)77-57(71)18-17-56(70)62-25-27-74-29-30-75-28-26-65-36-43(63-64-65)34-46(49(66)13-7-40-9-15-51(68)53(31-40)72-5)50(67)14-8-41-10-16-52(69)54(32-41)73-6/h7-11,13-16,31-32,36,38-39,44-45,47-48,55,58,66,68-69H,12,17-30,33-35,37H2,1-6H3,(H,62,70)/b13-7+,14-8+,49-46?/t38-,39+,44+,45-,47+,48+,55+,58+,59+,60+,61-/m1/s1. The molecule has 5 fully saturated rings.